The molecule has 1 rings (SSSR count). The number of rotatable bonds is 10. The zero-order valence-electron chi connectivity index (χ0n) is 14.6. The Kier molecular flexibility index (Phi) is 8.12. The van der Waals surface area contributed by atoms with Crippen molar-refractivity contribution in [2.75, 3.05) is 12.9 Å². The third-order valence-electron chi connectivity index (χ3n) is 3.79. The smallest absolute Gasteiger partial charge is 0.264 e. The van der Waals surface area contributed by atoms with Crippen LogP contribution in [0.4, 0.5) is 0 Å². The SMILES string of the molecule is C[SiH2]OC(O[SiH2]C)C(C)(C)C(COS(C)(=O)=O)c1ccccc1. The molecule has 0 fully saturated rings. The molecule has 0 spiro atoms. The van der Waals surface area contributed by atoms with Gasteiger partial charge in [0, 0.05) is 11.3 Å². The molecule has 0 heterocycles. The van der Waals surface area contributed by atoms with Gasteiger partial charge < -0.3 is 8.85 Å². The van der Waals surface area contributed by atoms with Crippen LogP contribution in [-0.4, -0.2) is 47.1 Å². The normalized spacial score (nSPS) is 16.4. The zero-order chi connectivity index (χ0) is 17.5. The molecule has 5 nitrogen and oxygen atoms in total. The zero-order valence-corrected chi connectivity index (χ0v) is 18.3. The second-order valence-corrected chi connectivity index (χ2v) is 9.48. The quantitative estimate of drug-likeness (QED) is 0.351. The molecular formula is C15H28O5SSi2. The largest absolute Gasteiger partial charge is 0.400 e. The molecule has 132 valence electrons. The Labute approximate surface area is 144 Å². The van der Waals surface area contributed by atoms with E-state index in [2.05, 4.69) is 26.9 Å². The van der Waals surface area contributed by atoms with E-state index in [-0.39, 0.29) is 18.8 Å². The fourth-order valence-corrected chi connectivity index (χ4v) is 4.80. The summed E-state index contributed by atoms with van der Waals surface area (Å²) in [5.41, 5.74) is 0.617. The molecule has 1 aromatic rings. The monoisotopic (exact) mass is 376 g/mol. The van der Waals surface area contributed by atoms with Crippen molar-refractivity contribution in [2.45, 2.75) is 39.1 Å². The van der Waals surface area contributed by atoms with Gasteiger partial charge in [-0.05, 0) is 5.56 Å². The summed E-state index contributed by atoms with van der Waals surface area (Å²) in [7, 11) is -4.80. The number of hydrogen-bond donors (Lipinski definition) is 0. The summed E-state index contributed by atoms with van der Waals surface area (Å²) in [6.45, 7) is 8.31. The van der Waals surface area contributed by atoms with Gasteiger partial charge in [0.05, 0.1) is 12.9 Å². The van der Waals surface area contributed by atoms with Gasteiger partial charge in [-0.3, -0.25) is 4.18 Å². The Hall–Kier alpha value is -0.516. The third-order valence-corrected chi connectivity index (χ3v) is 5.63. The minimum atomic E-state index is -3.50. The van der Waals surface area contributed by atoms with Crippen molar-refractivity contribution in [3.63, 3.8) is 0 Å². The number of benzene rings is 1. The molecule has 0 radical (unpaired) electrons. The highest BCUT2D eigenvalue weighted by atomic mass is 32.2. The van der Waals surface area contributed by atoms with E-state index in [1.165, 1.54) is 0 Å². The van der Waals surface area contributed by atoms with Crippen LogP contribution in [0, 0.1) is 5.41 Å². The molecular weight excluding hydrogens is 348 g/mol. The molecule has 1 aromatic carbocycles. The average Bonchev–Trinajstić information content (AvgIpc) is 2.47. The van der Waals surface area contributed by atoms with Crippen LogP contribution in [0.15, 0.2) is 30.3 Å². The highest BCUT2D eigenvalue weighted by Crippen LogP contribution is 2.40. The molecule has 23 heavy (non-hydrogen) atoms. The Morgan fingerprint density at radius 3 is 2.04 bits per heavy atom. The van der Waals surface area contributed by atoms with E-state index in [1.807, 2.05) is 30.3 Å². The molecule has 0 aliphatic rings. The predicted octanol–water partition coefficient (Wildman–Crippen LogP) is 1.40. The van der Waals surface area contributed by atoms with Gasteiger partial charge in [-0.1, -0.05) is 57.3 Å². The van der Waals surface area contributed by atoms with E-state index in [1.54, 1.807) is 0 Å². The molecule has 0 aromatic heterocycles. The van der Waals surface area contributed by atoms with Gasteiger partial charge in [0.25, 0.3) is 10.1 Å². The molecule has 0 saturated heterocycles. The van der Waals surface area contributed by atoms with Crippen LogP contribution in [0.5, 0.6) is 0 Å². The Morgan fingerprint density at radius 2 is 1.61 bits per heavy atom. The third kappa shape index (κ3) is 6.48. The van der Waals surface area contributed by atoms with Gasteiger partial charge in [-0.25, -0.2) is 0 Å². The van der Waals surface area contributed by atoms with Crippen molar-refractivity contribution in [3.05, 3.63) is 35.9 Å². The van der Waals surface area contributed by atoms with Crippen molar-refractivity contribution >= 4 is 29.6 Å². The molecule has 0 saturated carbocycles. The molecule has 0 aliphatic heterocycles. The van der Waals surface area contributed by atoms with Crippen LogP contribution in [-0.2, 0) is 23.2 Å². The van der Waals surface area contributed by atoms with Crippen LogP contribution in [0.1, 0.15) is 25.3 Å². The molecule has 0 aliphatic carbocycles. The molecule has 1 unspecified atom stereocenters. The first kappa shape index (κ1) is 20.5. The van der Waals surface area contributed by atoms with Crippen molar-refractivity contribution in [1.29, 1.82) is 0 Å². The maximum atomic E-state index is 11.4. The van der Waals surface area contributed by atoms with Crippen molar-refractivity contribution in [1.82, 2.24) is 0 Å². The lowest BCUT2D eigenvalue weighted by atomic mass is 9.75. The topological polar surface area (TPSA) is 61.8 Å². The molecule has 1 atom stereocenters. The van der Waals surface area contributed by atoms with E-state index < -0.39 is 35.1 Å². The summed E-state index contributed by atoms with van der Waals surface area (Å²) < 4.78 is 39.9. The van der Waals surface area contributed by atoms with Gasteiger partial charge >= 0.3 is 0 Å². The molecule has 8 heteroatoms. The summed E-state index contributed by atoms with van der Waals surface area (Å²) >= 11 is 0. The van der Waals surface area contributed by atoms with Crippen molar-refractivity contribution in [2.24, 2.45) is 5.41 Å². The van der Waals surface area contributed by atoms with Crippen LogP contribution in [0.3, 0.4) is 0 Å². The van der Waals surface area contributed by atoms with E-state index in [9.17, 15) is 8.42 Å². The summed E-state index contributed by atoms with van der Waals surface area (Å²) in [5.74, 6) is -0.149. The standard InChI is InChI=1S/C15H28O5SSi2/c1-15(2,14(19-22-4)20-23-5)13(11-18-21(3,16)17)12-9-7-6-8-10-12/h6-10,13-14H,11,22-23H2,1-5H3. The van der Waals surface area contributed by atoms with Gasteiger partial charge in [-0.15, -0.1) is 0 Å². The lowest BCUT2D eigenvalue weighted by Gasteiger charge is -2.40. The van der Waals surface area contributed by atoms with E-state index >= 15 is 0 Å². The summed E-state index contributed by atoms with van der Waals surface area (Å²) in [6.07, 6.45) is 0.744. The maximum Gasteiger partial charge on any atom is 0.264 e. The lowest BCUT2D eigenvalue weighted by Crippen LogP contribution is -2.42. The first-order chi connectivity index (χ1) is 10.7. The molecule has 0 N–H and O–H groups in total. The first-order valence-corrected chi connectivity index (χ1v) is 13.6. The second-order valence-electron chi connectivity index (χ2n) is 6.02. The highest BCUT2D eigenvalue weighted by molar-refractivity contribution is 7.85. The lowest BCUT2D eigenvalue weighted by molar-refractivity contribution is -0.0949. The molecule has 0 bridgehead atoms. The van der Waals surface area contributed by atoms with Gasteiger partial charge in [-0.2, -0.15) is 8.42 Å². The van der Waals surface area contributed by atoms with Gasteiger partial charge in [0.15, 0.2) is 19.5 Å². The minimum Gasteiger partial charge on any atom is -0.400 e. The van der Waals surface area contributed by atoms with Gasteiger partial charge in [0.1, 0.15) is 6.29 Å². The summed E-state index contributed by atoms with van der Waals surface area (Å²) in [4.78, 5) is 0. The summed E-state index contributed by atoms with van der Waals surface area (Å²) in [5, 5.41) is 0. The van der Waals surface area contributed by atoms with E-state index in [4.69, 9.17) is 13.0 Å². The number of hydrogen-bond acceptors (Lipinski definition) is 5. The Morgan fingerprint density at radius 1 is 1.09 bits per heavy atom. The Bertz CT molecular complexity index is 556. The van der Waals surface area contributed by atoms with Gasteiger partial charge in [0.2, 0.25) is 0 Å². The first-order valence-electron chi connectivity index (χ1n) is 7.84. The minimum absolute atomic E-state index is 0.0790. The molecule has 0 amide bonds. The van der Waals surface area contributed by atoms with Crippen LogP contribution < -0.4 is 0 Å². The van der Waals surface area contributed by atoms with Crippen LogP contribution >= 0.6 is 0 Å². The van der Waals surface area contributed by atoms with E-state index in [0.29, 0.717) is 0 Å². The predicted molar refractivity (Wildman–Crippen MR) is 98.5 cm³/mol. The van der Waals surface area contributed by atoms with Crippen LogP contribution in [0.2, 0.25) is 13.1 Å². The van der Waals surface area contributed by atoms with Crippen molar-refractivity contribution in [3.8, 4) is 0 Å². The highest BCUT2D eigenvalue weighted by Gasteiger charge is 2.40. The van der Waals surface area contributed by atoms with Crippen LogP contribution in [0.25, 0.3) is 0 Å². The fourth-order valence-electron chi connectivity index (χ4n) is 2.56. The summed E-state index contributed by atoms with van der Waals surface area (Å²) in [6, 6.07) is 9.80. The van der Waals surface area contributed by atoms with E-state index in [0.717, 1.165) is 11.8 Å². The second kappa shape index (κ2) is 9.09. The average molecular weight is 377 g/mol. The maximum absolute atomic E-state index is 11.4. The fraction of sp³-hybridized carbons (Fsp3) is 0.600. The van der Waals surface area contributed by atoms with Crippen molar-refractivity contribution < 1.29 is 21.5 Å². The Balaban J connectivity index is 3.14.